The number of nitrogen functional groups attached to an aromatic ring is 1. The first kappa shape index (κ1) is 13.6. The van der Waals surface area contributed by atoms with Crippen molar-refractivity contribution < 1.29 is 17.9 Å². The SMILES string of the molecule is Nc1ccc2c(c1)CN(c1ccc(OC(F)(F)F)cc1)C2. The molecule has 3 rings (SSSR count). The maximum absolute atomic E-state index is 12.1. The van der Waals surface area contributed by atoms with E-state index in [2.05, 4.69) is 9.64 Å². The van der Waals surface area contributed by atoms with Crippen LogP contribution in [0.5, 0.6) is 5.75 Å². The summed E-state index contributed by atoms with van der Waals surface area (Å²) in [6.07, 6.45) is -4.66. The predicted octanol–water partition coefficient (Wildman–Crippen LogP) is 3.69. The largest absolute Gasteiger partial charge is 0.573 e. The molecule has 6 heteroatoms. The van der Waals surface area contributed by atoms with Gasteiger partial charge in [0, 0.05) is 24.5 Å². The fraction of sp³-hybridized carbons (Fsp3) is 0.200. The summed E-state index contributed by atoms with van der Waals surface area (Å²) in [6.45, 7) is 1.41. The summed E-state index contributed by atoms with van der Waals surface area (Å²) in [6, 6.07) is 11.6. The lowest BCUT2D eigenvalue weighted by molar-refractivity contribution is -0.274. The summed E-state index contributed by atoms with van der Waals surface area (Å²) in [7, 11) is 0. The number of alkyl halides is 3. The molecular weight excluding hydrogens is 281 g/mol. The highest BCUT2D eigenvalue weighted by Gasteiger charge is 2.31. The Morgan fingerprint density at radius 2 is 1.62 bits per heavy atom. The second kappa shape index (κ2) is 4.87. The molecule has 110 valence electrons. The van der Waals surface area contributed by atoms with Crippen molar-refractivity contribution in [3.8, 4) is 5.75 Å². The van der Waals surface area contributed by atoms with Crippen LogP contribution in [0.3, 0.4) is 0 Å². The molecule has 0 radical (unpaired) electrons. The third kappa shape index (κ3) is 3.04. The van der Waals surface area contributed by atoms with Gasteiger partial charge in [0.1, 0.15) is 5.75 Å². The lowest BCUT2D eigenvalue weighted by Gasteiger charge is -2.18. The van der Waals surface area contributed by atoms with Crippen LogP contribution in [0.2, 0.25) is 0 Å². The fourth-order valence-corrected chi connectivity index (χ4v) is 2.46. The van der Waals surface area contributed by atoms with E-state index in [1.807, 2.05) is 18.2 Å². The zero-order valence-electron chi connectivity index (χ0n) is 11.0. The number of nitrogens with zero attached hydrogens (tertiary/aromatic N) is 1. The van der Waals surface area contributed by atoms with Crippen molar-refractivity contribution in [2.24, 2.45) is 0 Å². The zero-order chi connectivity index (χ0) is 15.0. The Labute approximate surface area is 119 Å². The van der Waals surface area contributed by atoms with Crippen molar-refractivity contribution in [1.82, 2.24) is 0 Å². The van der Waals surface area contributed by atoms with Gasteiger partial charge in [-0.25, -0.2) is 0 Å². The summed E-state index contributed by atoms with van der Waals surface area (Å²) < 4.78 is 40.2. The summed E-state index contributed by atoms with van der Waals surface area (Å²) in [5.74, 6) is -0.216. The average Bonchev–Trinajstić information content (AvgIpc) is 2.80. The molecular formula is C15H13F3N2O. The molecule has 3 nitrogen and oxygen atoms in total. The molecule has 21 heavy (non-hydrogen) atoms. The standard InChI is InChI=1S/C15H13F3N2O/c16-15(17,18)21-14-5-3-13(4-6-14)20-8-10-1-2-12(19)7-11(10)9-20/h1-7H,8-9,19H2. The first-order valence-corrected chi connectivity index (χ1v) is 6.39. The second-order valence-electron chi connectivity index (χ2n) is 4.93. The van der Waals surface area contributed by atoms with Crippen LogP contribution in [0.15, 0.2) is 42.5 Å². The van der Waals surface area contributed by atoms with E-state index >= 15 is 0 Å². The van der Waals surface area contributed by atoms with Crippen molar-refractivity contribution >= 4 is 11.4 Å². The first-order valence-electron chi connectivity index (χ1n) is 6.39. The molecule has 0 aliphatic carbocycles. The number of rotatable bonds is 2. The molecule has 0 aromatic heterocycles. The predicted molar refractivity (Wildman–Crippen MR) is 73.9 cm³/mol. The second-order valence-corrected chi connectivity index (χ2v) is 4.93. The van der Waals surface area contributed by atoms with Gasteiger partial charge >= 0.3 is 6.36 Å². The van der Waals surface area contributed by atoms with Crippen LogP contribution in [0.25, 0.3) is 0 Å². The van der Waals surface area contributed by atoms with E-state index in [9.17, 15) is 13.2 Å². The van der Waals surface area contributed by atoms with E-state index in [1.54, 1.807) is 12.1 Å². The van der Waals surface area contributed by atoms with E-state index in [0.29, 0.717) is 12.2 Å². The molecule has 1 aliphatic heterocycles. The van der Waals surface area contributed by atoms with E-state index in [-0.39, 0.29) is 5.75 Å². The highest BCUT2D eigenvalue weighted by atomic mass is 19.4. The lowest BCUT2D eigenvalue weighted by atomic mass is 10.1. The monoisotopic (exact) mass is 294 g/mol. The minimum atomic E-state index is -4.66. The molecule has 0 amide bonds. The molecule has 0 fully saturated rings. The third-order valence-electron chi connectivity index (χ3n) is 3.39. The summed E-state index contributed by atoms with van der Waals surface area (Å²) in [4.78, 5) is 2.07. The van der Waals surface area contributed by atoms with Gasteiger partial charge in [-0.1, -0.05) is 6.07 Å². The fourth-order valence-electron chi connectivity index (χ4n) is 2.46. The molecule has 2 aromatic rings. The first-order chi connectivity index (χ1) is 9.90. The van der Waals surface area contributed by atoms with Gasteiger partial charge in [0.05, 0.1) is 0 Å². The highest BCUT2D eigenvalue weighted by molar-refractivity contribution is 5.56. The van der Waals surface area contributed by atoms with Crippen molar-refractivity contribution in [2.75, 3.05) is 10.6 Å². The molecule has 1 aliphatic rings. The number of benzene rings is 2. The van der Waals surface area contributed by atoms with Gasteiger partial charge in [0.2, 0.25) is 0 Å². The summed E-state index contributed by atoms with van der Waals surface area (Å²) in [5, 5.41) is 0. The van der Waals surface area contributed by atoms with Crippen molar-refractivity contribution in [2.45, 2.75) is 19.5 Å². The van der Waals surface area contributed by atoms with Gasteiger partial charge in [0.15, 0.2) is 0 Å². The van der Waals surface area contributed by atoms with E-state index in [1.165, 1.54) is 17.7 Å². The van der Waals surface area contributed by atoms with E-state index in [4.69, 9.17) is 5.73 Å². The summed E-state index contributed by atoms with van der Waals surface area (Å²) in [5.41, 5.74) is 9.64. The molecule has 0 spiro atoms. The van der Waals surface area contributed by atoms with Gasteiger partial charge < -0.3 is 15.4 Å². The van der Waals surface area contributed by atoms with Crippen LogP contribution in [-0.2, 0) is 13.1 Å². The maximum Gasteiger partial charge on any atom is 0.573 e. The van der Waals surface area contributed by atoms with Crippen molar-refractivity contribution in [1.29, 1.82) is 0 Å². The van der Waals surface area contributed by atoms with Gasteiger partial charge in [-0.05, 0) is 47.5 Å². The van der Waals surface area contributed by atoms with Crippen LogP contribution in [0.1, 0.15) is 11.1 Å². The highest BCUT2D eigenvalue weighted by Crippen LogP contribution is 2.31. The molecule has 0 atom stereocenters. The third-order valence-corrected chi connectivity index (χ3v) is 3.39. The van der Waals surface area contributed by atoms with Crippen LogP contribution >= 0.6 is 0 Å². The smallest absolute Gasteiger partial charge is 0.406 e. The number of ether oxygens (including phenoxy) is 1. The molecule has 0 unspecified atom stereocenters. The molecule has 2 aromatic carbocycles. The topological polar surface area (TPSA) is 38.5 Å². The minimum absolute atomic E-state index is 0.216. The van der Waals surface area contributed by atoms with Gasteiger partial charge in [-0.15, -0.1) is 13.2 Å². The summed E-state index contributed by atoms with van der Waals surface area (Å²) >= 11 is 0. The quantitative estimate of drug-likeness (QED) is 0.859. The number of fused-ring (bicyclic) bond motifs is 1. The normalized spacial score (nSPS) is 14.1. The Hall–Kier alpha value is -2.37. The number of anilines is 2. The molecule has 0 bridgehead atoms. The molecule has 0 saturated heterocycles. The Bertz CT molecular complexity index is 653. The number of hydrogen-bond acceptors (Lipinski definition) is 3. The average molecular weight is 294 g/mol. The van der Waals surface area contributed by atoms with Crippen LogP contribution in [0.4, 0.5) is 24.5 Å². The number of halogens is 3. The van der Waals surface area contributed by atoms with Crippen LogP contribution in [-0.4, -0.2) is 6.36 Å². The zero-order valence-corrected chi connectivity index (χ0v) is 11.0. The van der Waals surface area contributed by atoms with E-state index in [0.717, 1.165) is 17.8 Å². The van der Waals surface area contributed by atoms with E-state index < -0.39 is 6.36 Å². The Kier molecular flexibility index (Phi) is 3.16. The Morgan fingerprint density at radius 3 is 2.29 bits per heavy atom. The van der Waals surface area contributed by atoms with Crippen LogP contribution < -0.4 is 15.4 Å². The Morgan fingerprint density at radius 1 is 0.952 bits per heavy atom. The minimum Gasteiger partial charge on any atom is -0.406 e. The number of nitrogens with two attached hydrogens (primary N) is 1. The van der Waals surface area contributed by atoms with Crippen molar-refractivity contribution in [3.63, 3.8) is 0 Å². The van der Waals surface area contributed by atoms with Gasteiger partial charge in [-0.3, -0.25) is 0 Å². The molecule has 2 N–H and O–H groups in total. The number of hydrogen-bond donors (Lipinski definition) is 1. The van der Waals surface area contributed by atoms with Gasteiger partial charge in [0.25, 0.3) is 0 Å². The van der Waals surface area contributed by atoms with Crippen molar-refractivity contribution in [3.05, 3.63) is 53.6 Å². The molecule has 0 saturated carbocycles. The maximum atomic E-state index is 12.1. The van der Waals surface area contributed by atoms with Crippen LogP contribution in [0, 0.1) is 0 Å². The van der Waals surface area contributed by atoms with Gasteiger partial charge in [-0.2, -0.15) is 0 Å². The molecule has 1 heterocycles. The Balaban J connectivity index is 1.75. The lowest BCUT2D eigenvalue weighted by Crippen LogP contribution is -2.17.